The molecule has 14 heavy (non-hydrogen) atoms. The number of rotatable bonds is 2. The first-order valence-electron chi connectivity index (χ1n) is 4.56. The smallest absolute Gasteiger partial charge is 0.342 e. The second-order valence-electron chi connectivity index (χ2n) is 3.26. The molecule has 0 aromatic heterocycles. The highest BCUT2D eigenvalue weighted by atomic mass is 16.6. The van der Waals surface area contributed by atoms with Gasteiger partial charge in [-0.05, 0) is 12.1 Å². The van der Waals surface area contributed by atoms with Gasteiger partial charge in [-0.25, -0.2) is 4.79 Å². The van der Waals surface area contributed by atoms with Crippen molar-refractivity contribution in [3.63, 3.8) is 0 Å². The molecule has 1 saturated heterocycles. The monoisotopic (exact) mass is 193 g/mol. The molecule has 2 unspecified atom stereocenters. The topological polar surface area (TPSA) is 53.8 Å². The fourth-order valence-corrected chi connectivity index (χ4v) is 1.28. The van der Waals surface area contributed by atoms with Crippen molar-refractivity contribution < 1.29 is 14.6 Å². The maximum atomic E-state index is 11.4. The highest BCUT2D eigenvalue weighted by Gasteiger charge is 2.30. The molecule has 0 radical (unpaired) electrons. The summed E-state index contributed by atoms with van der Waals surface area (Å²) in [7, 11) is 0. The molecule has 0 saturated carbocycles. The standard InChI is InChI=1S/C10H11NO3/c12-10(8-4-2-1-3-5-8)14-9-6-7-11(9)13/h1-5,9,11H,6-7H2. The van der Waals surface area contributed by atoms with Crippen LogP contribution in [0.1, 0.15) is 16.8 Å². The maximum absolute atomic E-state index is 11.4. The summed E-state index contributed by atoms with van der Waals surface area (Å²) in [6.45, 7) is 0.534. The van der Waals surface area contributed by atoms with Gasteiger partial charge >= 0.3 is 5.97 Å². The second-order valence-corrected chi connectivity index (χ2v) is 3.26. The number of hydrogen-bond donors (Lipinski definition) is 1. The minimum Gasteiger partial charge on any atom is -0.632 e. The lowest BCUT2D eigenvalue weighted by Crippen LogP contribution is -3.18. The van der Waals surface area contributed by atoms with Crippen molar-refractivity contribution in [2.45, 2.75) is 12.6 Å². The van der Waals surface area contributed by atoms with Crippen LogP contribution in [0.2, 0.25) is 0 Å². The molecule has 4 heteroatoms. The lowest BCUT2D eigenvalue weighted by molar-refractivity contribution is -0.943. The molecule has 1 aliphatic heterocycles. The summed E-state index contributed by atoms with van der Waals surface area (Å²) in [5.41, 5.74) is 0.493. The minimum atomic E-state index is -0.497. The summed E-state index contributed by atoms with van der Waals surface area (Å²) in [5.74, 6) is -0.413. The summed E-state index contributed by atoms with van der Waals surface area (Å²) in [6.07, 6.45) is 0.167. The predicted molar refractivity (Wildman–Crippen MR) is 49.5 cm³/mol. The van der Waals surface area contributed by atoms with Crippen LogP contribution in [0.3, 0.4) is 0 Å². The Balaban J connectivity index is 1.96. The molecule has 1 aromatic rings. The number of hydrogen-bond acceptors (Lipinski definition) is 3. The van der Waals surface area contributed by atoms with Gasteiger partial charge in [-0.15, -0.1) is 0 Å². The minimum absolute atomic E-state index is 0.0225. The molecule has 4 nitrogen and oxygen atoms in total. The third-order valence-electron chi connectivity index (χ3n) is 2.27. The van der Waals surface area contributed by atoms with Crippen LogP contribution < -0.4 is 5.06 Å². The van der Waals surface area contributed by atoms with Crippen molar-refractivity contribution in [3.05, 3.63) is 41.1 Å². The van der Waals surface area contributed by atoms with Gasteiger partial charge in [0.05, 0.1) is 18.5 Å². The lowest BCUT2D eigenvalue weighted by Gasteiger charge is -2.38. The van der Waals surface area contributed by atoms with Crippen LogP contribution in [0.25, 0.3) is 0 Å². The van der Waals surface area contributed by atoms with E-state index in [1.54, 1.807) is 24.3 Å². The number of carbonyl (C=O) groups is 1. The normalized spacial score (nSPS) is 25.2. The highest BCUT2D eigenvalue weighted by molar-refractivity contribution is 5.89. The van der Waals surface area contributed by atoms with Crippen LogP contribution in [0.15, 0.2) is 30.3 Å². The van der Waals surface area contributed by atoms with E-state index in [-0.39, 0.29) is 5.06 Å². The Bertz CT molecular complexity index is 325. The van der Waals surface area contributed by atoms with Crippen molar-refractivity contribution in [3.8, 4) is 0 Å². The van der Waals surface area contributed by atoms with E-state index in [4.69, 9.17) is 4.74 Å². The number of carbonyl (C=O) groups excluding carboxylic acids is 1. The van der Waals surface area contributed by atoms with Gasteiger partial charge in [0.2, 0.25) is 6.23 Å². The summed E-state index contributed by atoms with van der Waals surface area (Å²) in [4.78, 5) is 11.4. The number of esters is 1. The molecule has 0 spiro atoms. The first kappa shape index (κ1) is 9.18. The first-order chi connectivity index (χ1) is 6.77. The van der Waals surface area contributed by atoms with Gasteiger partial charge in [-0.3, -0.25) is 0 Å². The van der Waals surface area contributed by atoms with Crippen molar-refractivity contribution in [1.29, 1.82) is 0 Å². The fraction of sp³-hybridized carbons (Fsp3) is 0.300. The number of nitrogens with one attached hydrogen (secondary N) is 1. The van der Waals surface area contributed by atoms with E-state index in [0.717, 1.165) is 0 Å². The zero-order valence-electron chi connectivity index (χ0n) is 7.60. The van der Waals surface area contributed by atoms with E-state index in [9.17, 15) is 10.0 Å². The maximum Gasteiger partial charge on any atom is 0.342 e. The quantitative estimate of drug-likeness (QED) is 0.529. The zero-order chi connectivity index (χ0) is 9.97. The molecule has 1 aromatic carbocycles. The summed E-state index contributed by atoms with van der Waals surface area (Å²) in [6, 6.07) is 8.70. The van der Waals surface area contributed by atoms with Crippen LogP contribution in [0, 0.1) is 5.21 Å². The summed E-state index contributed by atoms with van der Waals surface area (Å²) < 4.78 is 5.00. The Morgan fingerprint density at radius 3 is 2.64 bits per heavy atom. The molecular weight excluding hydrogens is 182 g/mol. The summed E-state index contributed by atoms with van der Waals surface area (Å²) in [5, 5.41) is 10.9. The highest BCUT2D eigenvalue weighted by Crippen LogP contribution is 2.05. The van der Waals surface area contributed by atoms with Crippen molar-refractivity contribution in [1.82, 2.24) is 0 Å². The van der Waals surface area contributed by atoms with Crippen LogP contribution in [-0.4, -0.2) is 18.7 Å². The Hall–Kier alpha value is -1.39. The third kappa shape index (κ3) is 1.76. The van der Waals surface area contributed by atoms with Crippen molar-refractivity contribution in [2.24, 2.45) is 0 Å². The zero-order valence-corrected chi connectivity index (χ0v) is 7.60. The number of hydroxylamine groups is 2. The molecule has 2 rings (SSSR count). The Morgan fingerprint density at radius 1 is 1.43 bits per heavy atom. The fourth-order valence-electron chi connectivity index (χ4n) is 1.28. The van der Waals surface area contributed by atoms with Gasteiger partial charge in [0.1, 0.15) is 0 Å². The van der Waals surface area contributed by atoms with Gasteiger partial charge in [0, 0.05) is 0 Å². The first-order valence-corrected chi connectivity index (χ1v) is 4.56. The summed E-state index contributed by atoms with van der Waals surface area (Å²) >= 11 is 0. The van der Waals surface area contributed by atoms with Gasteiger partial charge in [-0.2, -0.15) is 0 Å². The van der Waals surface area contributed by atoms with Gasteiger partial charge in [-0.1, -0.05) is 18.2 Å². The van der Waals surface area contributed by atoms with E-state index in [1.807, 2.05) is 6.07 Å². The molecule has 2 atom stereocenters. The average Bonchev–Trinajstić information content (AvgIpc) is 2.24. The SMILES string of the molecule is O=C(OC1CC[NH+]1[O-])c1ccccc1. The molecule has 0 amide bonds. The molecule has 0 aliphatic carbocycles. The van der Waals surface area contributed by atoms with Gasteiger partial charge < -0.3 is 15.0 Å². The molecule has 1 fully saturated rings. The molecule has 1 aliphatic rings. The Morgan fingerprint density at radius 2 is 2.14 bits per heavy atom. The van der Waals surface area contributed by atoms with Crippen LogP contribution in [0.5, 0.6) is 0 Å². The third-order valence-corrected chi connectivity index (χ3v) is 2.27. The number of quaternary nitrogens is 1. The van der Waals surface area contributed by atoms with Crippen molar-refractivity contribution >= 4 is 5.97 Å². The van der Waals surface area contributed by atoms with E-state index in [2.05, 4.69) is 0 Å². The largest absolute Gasteiger partial charge is 0.632 e. The van der Waals surface area contributed by atoms with Gasteiger partial charge in [0.25, 0.3) is 0 Å². The van der Waals surface area contributed by atoms with Crippen LogP contribution >= 0.6 is 0 Å². The Kier molecular flexibility index (Phi) is 2.47. The molecular formula is C10H11NO3. The number of ether oxygens (including phenoxy) is 1. The lowest BCUT2D eigenvalue weighted by atomic mass is 10.2. The average molecular weight is 193 g/mol. The van der Waals surface area contributed by atoms with E-state index < -0.39 is 12.2 Å². The van der Waals surface area contributed by atoms with E-state index in [1.165, 1.54) is 0 Å². The van der Waals surface area contributed by atoms with Crippen LogP contribution in [0.4, 0.5) is 0 Å². The second kappa shape index (κ2) is 3.77. The molecule has 1 heterocycles. The number of benzene rings is 1. The molecule has 1 N–H and O–H groups in total. The van der Waals surface area contributed by atoms with Gasteiger partial charge in [0.15, 0.2) is 0 Å². The van der Waals surface area contributed by atoms with E-state index >= 15 is 0 Å². The van der Waals surface area contributed by atoms with Crippen LogP contribution in [-0.2, 0) is 4.74 Å². The predicted octanol–water partition coefficient (Wildman–Crippen LogP) is -0.0441. The Labute approximate surface area is 81.7 Å². The van der Waals surface area contributed by atoms with E-state index in [0.29, 0.717) is 18.5 Å². The molecule has 74 valence electrons. The molecule has 0 bridgehead atoms. The van der Waals surface area contributed by atoms with Crippen molar-refractivity contribution in [2.75, 3.05) is 6.54 Å².